The van der Waals surface area contributed by atoms with Crippen molar-refractivity contribution in [3.8, 4) is 0 Å². The van der Waals surface area contributed by atoms with Crippen molar-refractivity contribution < 1.29 is 18.7 Å². The van der Waals surface area contributed by atoms with Crippen LogP contribution < -0.4 is 10.6 Å². The topological polar surface area (TPSA) is 61.4 Å². The fourth-order valence-corrected chi connectivity index (χ4v) is 4.15. The lowest BCUT2D eigenvalue weighted by Gasteiger charge is -2.25. The fourth-order valence-electron chi connectivity index (χ4n) is 4.15. The van der Waals surface area contributed by atoms with E-state index in [1.54, 1.807) is 0 Å². The van der Waals surface area contributed by atoms with Crippen molar-refractivity contribution in [1.82, 2.24) is 10.6 Å². The fraction of sp³-hybridized carbons (Fsp3) is 0.345. The summed E-state index contributed by atoms with van der Waals surface area (Å²) in [5.41, 5.74) is 5.66. The molecule has 0 fully saturated rings. The predicted molar refractivity (Wildman–Crippen MR) is 135 cm³/mol. The molecule has 186 valence electrons. The number of carbonyl (C=O) groups excluding carboxylic acids is 1. The van der Waals surface area contributed by atoms with E-state index in [-0.39, 0.29) is 25.3 Å². The standard InChI is InChI=1S/C29H34F2N2O2/c1-4-21-6-5-7-22(11-21)17-32-18-28(34)27(14-23-12-25(30)16-26(31)13-23)33-29(35)15-24-10-19(2)8-9-20(24)3/h5-13,16,27-28,32,34H,4,14-15,17-18H2,1-3H3,(H,33,35)/t27-,28-/m0/s1. The molecule has 3 aromatic carbocycles. The Hall–Kier alpha value is -3.09. The molecule has 0 spiro atoms. The molecule has 2 atom stereocenters. The lowest BCUT2D eigenvalue weighted by Crippen LogP contribution is -2.49. The Morgan fingerprint density at radius 1 is 0.943 bits per heavy atom. The molecule has 0 heterocycles. The normalized spacial score (nSPS) is 12.9. The Morgan fingerprint density at radius 3 is 2.37 bits per heavy atom. The van der Waals surface area contributed by atoms with Crippen molar-refractivity contribution in [2.75, 3.05) is 6.54 Å². The van der Waals surface area contributed by atoms with Gasteiger partial charge in [-0.05, 0) is 66.6 Å². The van der Waals surface area contributed by atoms with Crippen LogP contribution in [0.5, 0.6) is 0 Å². The lowest BCUT2D eigenvalue weighted by atomic mass is 9.99. The maximum atomic E-state index is 13.8. The van der Waals surface area contributed by atoms with Crippen LogP contribution in [0.25, 0.3) is 0 Å². The van der Waals surface area contributed by atoms with Gasteiger partial charge in [0.15, 0.2) is 0 Å². The molecular weight excluding hydrogens is 446 g/mol. The van der Waals surface area contributed by atoms with Crippen LogP contribution in [0, 0.1) is 25.5 Å². The molecule has 0 radical (unpaired) electrons. The number of hydrogen-bond acceptors (Lipinski definition) is 3. The first kappa shape index (κ1) is 26.5. The van der Waals surface area contributed by atoms with Crippen LogP contribution in [0.4, 0.5) is 8.78 Å². The van der Waals surface area contributed by atoms with Gasteiger partial charge in [-0.3, -0.25) is 4.79 Å². The van der Waals surface area contributed by atoms with Gasteiger partial charge in [0, 0.05) is 19.2 Å². The average molecular weight is 481 g/mol. The highest BCUT2D eigenvalue weighted by molar-refractivity contribution is 5.79. The number of aryl methyl sites for hydroxylation is 3. The highest BCUT2D eigenvalue weighted by atomic mass is 19.1. The minimum atomic E-state index is -0.960. The highest BCUT2D eigenvalue weighted by Crippen LogP contribution is 2.14. The SMILES string of the molecule is CCc1cccc(CNC[C@H](O)[C@H](Cc2cc(F)cc(F)c2)NC(=O)Cc2cc(C)ccc2C)c1. The summed E-state index contributed by atoms with van der Waals surface area (Å²) < 4.78 is 27.5. The van der Waals surface area contributed by atoms with E-state index in [2.05, 4.69) is 29.7 Å². The predicted octanol–water partition coefficient (Wildman–Crippen LogP) is 4.56. The van der Waals surface area contributed by atoms with Gasteiger partial charge in [-0.15, -0.1) is 0 Å². The molecule has 0 saturated carbocycles. The van der Waals surface area contributed by atoms with Crippen LogP contribution in [-0.4, -0.2) is 29.7 Å². The molecule has 3 rings (SSSR count). The lowest BCUT2D eigenvalue weighted by molar-refractivity contribution is -0.122. The molecule has 4 nitrogen and oxygen atoms in total. The van der Waals surface area contributed by atoms with E-state index in [0.717, 1.165) is 34.7 Å². The van der Waals surface area contributed by atoms with E-state index in [4.69, 9.17) is 0 Å². The van der Waals surface area contributed by atoms with Gasteiger partial charge in [0.1, 0.15) is 11.6 Å². The monoisotopic (exact) mass is 480 g/mol. The summed E-state index contributed by atoms with van der Waals surface area (Å²) in [4.78, 5) is 12.9. The minimum absolute atomic E-state index is 0.0986. The molecular formula is C29H34F2N2O2. The minimum Gasteiger partial charge on any atom is -0.390 e. The zero-order valence-corrected chi connectivity index (χ0v) is 20.6. The number of nitrogens with one attached hydrogen (secondary N) is 2. The van der Waals surface area contributed by atoms with E-state index < -0.39 is 23.8 Å². The number of carbonyl (C=O) groups is 1. The van der Waals surface area contributed by atoms with Gasteiger partial charge in [0.25, 0.3) is 0 Å². The quantitative estimate of drug-likeness (QED) is 0.377. The first-order chi connectivity index (χ1) is 16.7. The highest BCUT2D eigenvalue weighted by Gasteiger charge is 2.23. The Kier molecular flexibility index (Phi) is 9.52. The summed E-state index contributed by atoms with van der Waals surface area (Å²) >= 11 is 0. The molecule has 0 aliphatic rings. The number of rotatable bonds is 11. The first-order valence-electron chi connectivity index (χ1n) is 12.0. The number of amides is 1. The van der Waals surface area contributed by atoms with E-state index >= 15 is 0 Å². The van der Waals surface area contributed by atoms with E-state index in [1.165, 1.54) is 17.7 Å². The molecule has 1 amide bonds. The van der Waals surface area contributed by atoms with Crippen molar-refractivity contribution in [2.24, 2.45) is 0 Å². The third kappa shape index (κ3) is 8.26. The number of hydrogen-bond donors (Lipinski definition) is 3. The smallest absolute Gasteiger partial charge is 0.224 e. The number of aliphatic hydroxyl groups is 1. The third-order valence-electron chi connectivity index (χ3n) is 6.13. The maximum absolute atomic E-state index is 13.8. The maximum Gasteiger partial charge on any atom is 0.224 e. The first-order valence-corrected chi connectivity index (χ1v) is 12.0. The van der Waals surface area contributed by atoms with Crippen LogP contribution in [0.1, 0.15) is 40.3 Å². The summed E-state index contributed by atoms with van der Waals surface area (Å²) in [7, 11) is 0. The van der Waals surface area contributed by atoms with Crippen LogP contribution in [0.2, 0.25) is 0 Å². The summed E-state index contributed by atoms with van der Waals surface area (Å²) in [6.07, 6.45) is 0.237. The van der Waals surface area contributed by atoms with E-state index in [9.17, 15) is 18.7 Å². The Bertz CT molecular complexity index is 1130. The summed E-state index contributed by atoms with van der Waals surface area (Å²) in [5, 5.41) is 17.1. The van der Waals surface area contributed by atoms with Gasteiger partial charge in [0.2, 0.25) is 5.91 Å². The molecule has 0 aromatic heterocycles. The summed E-state index contributed by atoms with van der Waals surface area (Å²) in [6, 6.07) is 16.7. The van der Waals surface area contributed by atoms with Gasteiger partial charge in [-0.2, -0.15) is 0 Å². The number of benzene rings is 3. The van der Waals surface area contributed by atoms with Gasteiger partial charge < -0.3 is 15.7 Å². The van der Waals surface area contributed by atoms with Crippen LogP contribution in [-0.2, 0) is 30.6 Å². The largest absolute Gasteiger partial charge is 0.390 e. The van der Waals surface area contributed by atoms with E-state index in [1.807, 2.05) is 44.2 Å². The second kappa shape index (κ2) is 12.6. The number of aliphatic hydroxyl groups excluding tert-OH is 1. The molecule has 3 aromatic rings. The van der Waals surface area contributed by atoms with Crippen molar-refractivity contribution in [3.63, 3.8) is 0 Å². The average Bonchev–Trinajstić information content (AvgIpc) is 2.80. The zero-order valence-electron chi connectivity index (χ0n) is 20.6. The van der Waals surface area contributed by atoms with Crippen molar-refractivity contribution in [2.45, 2.75) is 58.7 Å². The summed E-state index contributed by atoms with van der Waals surface area (Å²) in [5.74, 6) is -1.64. The molecule has 0 saturated heterocycles. The van der Waals surface area contributed by atoms with Gasteiger partial charge >= 0.3 is 0 Å². The van der Waals surface area contributed by atoms with Gasteiger partial charge in [-0.25, -0.2) is 8.78 Å². The molecule has 0 bridgehead atoms. The molecule has 0 aliphatic carbocycles. The second-order valence-electron chi connectivity index (χ2n) is 9.13. The van der Waals surface area contributed by atoms with Crippen LogP contribution >= 0.6 is 0 Å². The Morgan fingerprint density at radius 2 is 1.66 bits per heavy atom. The van der Waals surface area contributed by atoms with Crippen molar-refractivity contribution in [1.29, 1.82) is 0 Å². The van der Waals surface area contributed by atoms with E-state index in [0.29, 0.717) is 12.1 Å². The molecule has 35 heavy (non-hydrogen) atoms. The molecule has 0 aliphatic heterocycles. The number of halogens is 2. The molecule has 3 N–H and O–H groups in total. The Balaban J connectivity index is 1.69. The zero-order chi connectivity index (χ0) is 25.4. The third-order valence-corrected chi connectivity index (χ3v) is 6.13. The molecule has 6 heteroatoms. The second-order valence-corrected chi connectivity index (χ2v) is 9.13. The van der Waals surface area contributed by atoms with Gasteiger partial charge in [-0.1, -0.05) is 55.0 Å². The van der Waals surface area contributed by atoms with Gasteiger partial charge in [0.05, 0.1) is 18.6 Å². The van der Waals surface area contributed by atoms with Crippen LogP contribution in [0.15, 0.2) is 60.7 Å². The molecule has 0 unspecified atom stereocenters. The van der Waals surface area contributed by atoms with Crippen LogP contribution in [0.3, 0.4) is 0 Å². The van der Waals surface area contributed by atoms with Crippen molar-refractivity contribution >= 4 is 5.91 Å². The summed E-state index contributed by atoms with van der Waals surface area (Å²) in [6.45, 7) is 6.78. The van der Waals surface area contributed by atoms with Crippen molar-refractivity contribution in [3.05, 3.63) is 106 Å². The Labute approximate surface area is 206 Å².